The molecule has 2 aromatic carbocycles. The number of carbonyl (C=O) groups is 2. The van der Waals surface area contributed by atoms with Gasteiger partial charge in [0, 0.05) is 23.2 Å². The molecular weight excluding hydrogens is 426 g/mol. The summed E-state index contributed by atoms with van der Waals surface area (Å²) >= 11 is 3.35. The summed E-state index contributed by atoms with van der Waals surface area (Å²) in [6.07, 6.45) is 0.627. The molecule has 1 aliphatic rings. The predicted molar refractivity (Wildman–Crippen MR) is 109 cm³/mol. The number of nitro benzene ring substituents is 1. The summed E-state index contributed by atoms with van der Waals surface area (Å²) in [6.45, 7) is 4.14. The van der Waals surface area contributed by atoms with Gasteiger partial charge in [0.05, 0.1) is 16.2 Å². The highest BCUT2D eigenvalue weighted by Gasteiger charge is 2.34. The molecule has 0 saturated carbocycles. The summed E-state index contributed by atoms with van der Waals surface area (Å²) in [5, 5.41) is 13.9. The van der Waals surface area contributed by atoms with Gasteiger partial charge in [0.1, 0.15) is 6.04 Å². The second-order valence-corrected chi connectivity index (χ2v) is 7.84. The van der Waals surface area contributed by atoms with Crippen LogP contribution in [0.25, 0.3) is 0 Å². The lowest BCUT2D eigenvalue weighted by Crippen LogP contribution is -2.51. The van der Waals surface area contributed by atoms with Crippen LogP contribution in [0.15, 0.2) is 46.9 Å². The molecule has 0 aliphatic carbocycles. The third-order valence-electron chi connectivity index (χ3n) is 4.78. The van der Waals surface area contributed by atoms with E-state index in [9.17, 15) is 19.7 Å². The molecule has 8 heteroatoms. The van der Waals surface area contributed by atoms with Gasteiger partial charge in [0.25, 0.3) is 11.6 Å². The first-order valence-electron chi connectivity index (χ1n) is 8.93. The van der Waals surface area contributed by atoms with Crippen molar-refractivity contribution in [3.8, 4) is 0 Å². The molecule has 0 fully saturated rings. The number of carbonyl (C=O) groups excluding carboxylic acids is 2. The van der Waals surface area contributed by atoms with E-state index in [1.165, 1.54) is 17.0 Å². The zero-order chi connectivity index (χ0) is 20.4. The number of nitrogens with zero attached hydrogens (tertiary/aromatic N) is 2. The number of non-ortho nitro benzene ring substituents is 1. The van der Waals surface area contributed by atoms with E-state index in [2.05, 4.69) is 21.2 Å². The van der Waals surface area contributed by atoms with Crippen LogP contribution < -0.4 is 10.2 Å². The number of nitro groups is 1. The molecule has 1 heterocycles. The van der Waals surface area contributed by atoms with Crippen LogP contribution in [-0.4, -0.2) is 29.3 Å². The quantitative estimate of drug-likeness (QED) is 0.560. The molecule has 0 spiro atoms. The van der Waals surface area contributed by atoms with Gasteiger partial charge in [-0.15, -0.1) is 0 Å². The van der Waals surface area contributed by atoms with E-state index >= 15 is 0 Å². The minimum Gasteiger partial charge on any atom is -0.340 e. The zero-order valence-electron chi connectivity index (χ0n) is 15.5. The maximum atomic E-state index is 13.2. The van der Waals surface area contributed by atoms with E-state index in [0.29, 0.717) is 28.7 Å². The van der Waals surface area contributed by atoms with Crippen LogP contribution in [0.5, 0.6) is 0 Å². The maximum absolute atomic E-state index is 13.2. The lowest BCUT2D eigenvalue weighted by atomic mass is 10.0. The summed E-state index contributed by atoms with van der Waals surface area (Å²) < 4.78 is 0.643. The highest BCUT2D eigenvalue weighted by atomic mass is 79.9. The first kappa shape index (κ1) is 20.0. The highest BCUT2D eigenvalue weighted by molar-refractivity contribution is 9.10. The Morgan fingerprint density at radius 3 is 2.57 bits per heavy atom. The first-order chi connectivity index (χ1) is 13.3. The standard InChI is InChI=1S/C20H20BrN3O4/c1-12(2)18(22-19(25)15-5-3-4-6-16(15)21)20(26)23-10-9-13-7-8-14(24(27)28)11-17(13)23/h3-8,11-12,18H,9-10H2,1-2H3,(H,22,25). The van der Waals surface area contributed by atoms with Crippen molar-refractivity contribution in [1.82, 2.24) is 5.32 Å². The number of hydrogen-bond donors (Lipinski definition) is 1. The van der Waals surface area contributed by atoms with Gasteiger partial charge in [0.2, 0.25) is 5.91 Å². The van der Waals surface area contributed by atoms with Crippen LogP contribution in [0, 0.1) is 16.0 Å². The van der Waals surface area contributed by atoms with Gasteiger partial charge in [-0.05, 0) is 46.0 Å². The van der Waals surface area contributed by atoms with Gasteiger partial charge in [-0.3, -0.25) is 19.7 Å². The van der Waals surface area contributed by atoms with Crippen molar-refractivity contribution >= 4 is 39.1 Å². The molecule has 1 atom stereocenters. The van der Waals surface area contributed by atoms with Gasteiger partial charge in [-0.25, -0.2) is 0 Å². The van der Waals surface area contributed by atoms with Gasteiger partial charge >= 0.3 is 0 Å². The van der Waals surface area contributed by atoms with Crippen molar-refractivity contribution < 1.29 is 14.5 Å². The number of rotatable bonds is 5. The number of halogens is 1. The smallest absolute Gasteiger partial charge is 0.271 e. The molecule has 7 nitrogen and oxygen atoms in total. The molecule has 1 N–H and O–H groups in total. The summed E-state index contributed by atoms with van der Waals surface area (Å²) in [6, 6.07) is 10.8. The van der Waals surface area contributed by atoms with Crippen molar-refractivity contribution in [2.75, 3.05) is 11.4 Å². The van der Waals surface area contributed by atoms with Crippen LogP contribution in [0.4, 0.5) is 11.4 Å². The molecule has 0 aromatic heterocycles. The lowest BCUT2D eigenvalue weighted by Gasteiger charge is -2.27. The summed E-state index contributed by atoms with van der Waals surface area (Å²) in [5.74, 6) is -0.769. The van der Waals surface area contributed by atoms with E-state index in [-0.39, 0.29) is 23.4 Å². The molecular formula is C20H20BrN3O4. The highest BCUT2D eigenvalue weighted by Crippen LogP contribution is 2.32. The largest absolute Gasteiger partial charge is 0.340 e. The molecule has 0 saturated heterocycles. The molecule has 3 rings (SSSR count). The van der Waals surface area contributed by atoms with Crippen molar-refractivity contribution in [2.24, 2.45) is 5.92 Å². The normalized spacial score (nSPS) is 13.9. The molecule has 0 bridgehead atoms. The minimum absolute atomic E-state index is 0.0585. The van der Waals surface area contributed by atoms with Gasteiger partial charge in [0.15, 0.2) is 0 Å². The van der Waals surface area contributed by atoms with Crippen LogP contribution in [-0.2, 0) is 11.2 Å². The van der Waals surface area contributed by atoms with E-state index in [4.69, 9.17) is 0 Å². The van der Waals surface area contributed by atoms with Crippen molar-refractivity contribution in [3.05, 3.63) is 68.2 Å². The summed E-state index contributed by atoms with van der Waals surface area (Å²) in [5.41, 5.74) is 1.81. The molecule has 28 heavy (non-hydrogen) atoms. The average molecular weight is 446 g/mol. The van der Waals surface area contributed by atoms with E-state index in [0.717, 1.165) is 5.56 Å². The summed E-state index contributed by atoms with van der Waals surface area (Å²) in [4.78, 5) is 38.1. The number of amides is 2. The Kier molecular flexibility index (Phi) is 5.79. The fourth-order valence-electron chi connectivity index (χ4n) is 3.26. The fourth-order valence-corrected chi connectivity index (χ4v) is 3.72. The Morgan fingerprint density at radius 1 is 1.21 bits per heavy atom. The van der Waals surface area contributed by atoms with Crippen molar-refractivity contribution in [3.63, 3.8) is 0 Å². The summed E-state index contributed by atoms with van der Waals surface area (Å²) in [7, 11) is 0. The van der Waals surface area contributed by atoms with Crippen molar-refractivity contribution in [1.29, 1.82) is 0 Å². The maximum Gasteiger partial charge on any atom is 0.271 e. The third kappa shape index (κ3) is 3.91. The van der Waals surface area contributed by atoms with Crippen molar-refractivity contribution in [2.45, 2.75) is 26.3 Å². The van der Waals surface area contributed by atoms with Gasteiger partial charge < -0.3 is 10.2 Å². The number of anilines is 1. The molecule has 146 valence electrons. The number of benzene rings is 2. The Hall–Kier alpha value is -2.74. The SMILES string of the molecule is CC(C)C(NC(=O)c1ccccc1Br)C(=O)N1CCc2ccc([N+](=O)[O-])cc21. The third-order valence-corrected chi connectivity index (χ3v) is 5.47. The van der Waals surface area contributed by atoms with Crippen LogP contribution in [0.3, 0.4) is 0 Å². The molecule has 2 amide bonds. The lowest BCUT2D eigenvalue weighted by molar-refractivity contribution is -0.384. The zero-order valence-corrected chi connectivity index (χ0v) is 17.1. The fraction of sp³-hybridized carbons (Fsp3) is 0.300. The topological polar surface area (TPSA) is 92.6 Å². The van der Waals surface area contributed by atoms with Crippen LogP contribution >= 0.6 is 15.9 Å². The number of fused-ring (bicyclic) bond motifs is 1. The second kappa shape index (κ2) is 8.10. The Bertz CT molecular complexity index is 945. The predicted octanol–water partition coefficient (Wildman–Crippen LogP) is 3.70. The van der Waals surface area contributed by atoms with E-state index in [1.807, 2.05) is 13.8 Å². The number of hydrogen-bond acceptors (Lipinski definition) is 4. The van der Waals surface area contributed by atoms with E-state index in [1.54, 1.807) is 30.3 Å². The van der Waals surface area contributed by atoms with Crippen LogP contribution in [0.2, 0.25) is 0 Å². The number of nitrogens with one attached hydrogen (secondary N) is 1. The van der Waals surface area contributed by atoms with Crippen LogP contribution in [0.1, 0.15) is 29.8 Å². The van der Waals surface area contributed by atoms with E-state index < -0.39 is 11.0 Å². The minimum atomic E-state index is -0.746. The Morgan fingerprint density at radius 2 is 1.93 bits per heavy atom. The average Bonchev–Trinajstić information content (AvgIpc) is 3.08. The second-order valence-electron chi connectivity index (χ2n) is 6.98. The molecule has 1 aliphatic heterocycles. The first-order valence-corrected chi connectivity index (χ1v) is 9.73. The molecule has 0 radical (unpaired) electrons. The molecule has 2 aromatic rings. The van der Waals surface area contributed by atoms with Gasteiger partial charge in [-0.2, -0.15) is 0 Å². The molecule has 1 unspecified atom stereocenters. The monoisotopic (exact) mass is 445 g/mol. The van der Waals surface area contributed by atoms with Gasteiger partial charge in [-0.1, -0.05) is 32.0 Å². The Balaban J connectivity index is 1.86. The Labute approximate surface area is 171 Å².